The van der Waals surface area contributed by atoms with Gasteiger partial charge in [0.25, 0.3) is 0 Å². The summed E-state index contributed by atoms with van der Waals surface area (Å²) in [5, 5.41) is 10.5. The van der Waals surface area contributed by atoms with Crippen molar-refractivity contribution in [3.8, 4) is 11.5 Å². The van der Waals surface area contributed by atoms with E-state index in [0.717, 1.165) is 5.56 Å². The van der Waals surface area contributed by atoms with Gasteiger partial charge in [-0.05, 0) is 12.1 Å². The van der Waals surface area contributed by atoms with E-state index < -0.39 is 11.9 Å². The Morgan fingerprint density at radius 2 is 1.94 bits per heavy atom. The number of nitrogens with zero attached hydrogens (tertiary/aromatic N) is 1. The first-order valence-corrected chi connectivity index (χ1v) is 4.72. The lowest BCUT2D eigenvalue weighted by atomic mass is 10.2. The Kier molecular flexibility index (Phi) is 2.87. The Bertz CT molecular complexity index is 548. The van der Waals surface area contributed by atoms with Crippen LogP contribution in [-0.2, 0) is 9.59 Å². The summed E-state index contributed by atoms with van der Waals surface area (Å²) in [4.78, 5) is 25.1. The van der Waals surface area contributed by atoms with Crippen molar-refractivity contribution in [3.63, 3.8) is 0 Å². The monoisotopic (exact) mass is 232 g/mol. The molecule has 0 aliphatic rings. The van der Waals surface area contributed by atoms with Crippen LogP contribution < -0.4 is 5.32 Å². The van der Waals surface area contributed by atoms with Crippen LogP contribution in [0.25, 0.3) is 11.5 Å². The molecule has 1 heterocycles. The molecule has 0 atom stereocenters. The molecule has 6 nitrogen and oxygen atoms in total. The van der Waals surface area contributed by atoms with E-state index in [4.69, 9.17) is 9.52 Å². The predicted octanol–water partition coefficient (Wildman–Crippen LogP) is 1.36. The van der Waals surface area contributed by atoms with Crippen molar-refractivity contribution in [2.75, 3.05) is 5.32 Å². The van der Waals surface area contributed by atoms with E-state index >= 15 is 0 Å². The molecule has 1 aromatic heterocycles. The quantitative estimate of drug-likeness (QED) is 0.762. The van der Waals surface area contributed by atoms with Gasteiger partial charge in [0.05, 0.1) is 6.20 Å². The number of anilines is 1. The molecule has 17 heavy (non-hydrogen) atoms. The minimum Gasteiger partial charge on any atom is -0.474 e. The first kappa shape index (κ1) is 10.9. The number of rotatable bonds is 2. The molecule has 0 unspecified atom stereocenters. The Balaban J connectivity index is 2.17. The maximum Gasteiger partial charge on any atom is 0.394 e. The summed E-state index contributed by atoms with van der Waals surface area (Å²) in [7, 11) is 0. The van der Waals surface area contributed by atoms with Gasteiger partial charge in [-0.2, -0.15) is 0 Å². The summed E-state index contributed by atoms with van der Waals surface area (Å²) >= 11 is 0. The normalized spacial score (nSPS) is 9.88. The van der Waals surface area contributed by atoms with Gasteiger partial charge < -0.3 is 9.52 Å². The molecule has 2 rings (SSSR count). The summed E-state index contributed by atoms with van der Waals surface area (Å²) in [6, 6.07) is 9.05. The number of carbonyl (C=O) groups is 2. The van der Waals surface area contributed by atoms with E-state index in [9.17, 15) is 9.59 Å². The average molecular weight is 232 g/mol. The van der Waals surface area contributed by atoms with Crippen LogP contribution in [0.4, 0.5) is 5.88 Å². The second kappa shape index (κ2) is 4.48. The third-order valence-corrected chi connectivity index (χ3v) is 1.96. The van der Waals surface area contributed by atoms with Crippen molar-refractivity contribution in [1.82, 2.24) is 4.98 Å². The molecule has 0 saturated heterocycles. The minimum atomic E-state index is -1.58. The molecule has 1 aromatic carbocycles. The topological polar surface area (TPSA) is 92.4 Å². The number of carbonyl (C=O) groups excluding carboxylic acids is 1. The summed E-state index contributed by atoms with van der Waals surface area (Å²) in [6.07, 6.45) is 1.25. The molecule has 2 N–H and O–H groups in total. The van der Waals surface area contributed by atoms with E-state index in [-0.39, 0.29) is 5.88 Å². The molecule has 0 aliphatic heterocycles. The van der Waals surface area contributed by atoms with Gasteiger partial charge in [-0.25, -0.2) is 9.78 Å². The fourth-order valence-corrected chi connectivity index (χ4v) is 1.21. The molecule has 1 amide bonds. The van der Waals surface area contributed by atoms with E-state index in [1.165, 1.54) is 6.20 Å². The molecule has 2 aromatic rings. The van der Waals surface area contributed by atoms with Gasteiger partial charge in [0, 0.05) is 5.56 Å². The summed E-state index contributed by atoms with van der Waals surface area (Å²) in [5.74, 6) is -2.44. The smallest absolute Gasteiger partial charge is 0.394 e. The Morgan fingerprint density at radius 3 is 2.59 bits per heavy atom. The standard InChI is InChI=1S/C11H8N2O4/c14-9(11(15)16)13-8-6-12-10(17-8)7-4-2-1-3-5-7/h1-6H,(H,13,14)(H,15,16). The van der Waals surface area contributed by atoms with Crippen LogP contribution >= 0.6 is 0 Å². The van der Waals surface area contributed by atoms with Crippen LogP contribution in [-0.4, -0.2) is 22.0 Å². The van der Waals surface area contributed by atoms with E-state index in [2.05, 4.69) is 10.3 Å². The highest BCUT2D eigenvalue weighted by molar-refractivity contribution is 6.36. The van der Waals surface area contributed by atoms with E-state index in [1.54, 1.807) is 12.1 Å². The first-order chi connectivity index (χ1) is 8.16. The van der Waals surface area contributed by atoms with Crippen molar-refractivity contribution in [3.05, 3.63) is 36.5 Å². The average Bonchev–Trinajstić information content (AvgIpc) is 2.78. The van der Waals surface area contributed by atoms with Crippen LogP contribution in [0.5, 0.6) is 0 Å². The number of nitrogens with one attached hydrogen (secondary N) is 1. The number of hydrogen-bond acceptors (Lipinski definition) is 4. The van der Waals surface area contributed by atoms with Gasteiger partial charge in [-0.15, -0.1) is 0 Å². The lowest BCUT2D eigenvalue weighted by Gasteiger charge is -1.96. The predicted molar refractivity (Wildman–Crippen MR) is 58.2 cm³/mol. The molecular weight excluding hydrogens is 224 g/mol. The number of benzene rings is 1. The zero-order chi connectivity index (χ0) is 12.3. The Morgan fingerprint density at radius 1 is 1.24 bits per heavy atom. The number of aliphatic carboxylic acids is 1. The molecule has 0 aliphatic carbocycles. The highest BCUT2D eigenvalue weighted by Gasteiger charge is 2.14. The summed E-state index contributed by atoms with van der Waals surface area (Å²) in [6.45, 7) is 0. The SMILES string of the molecule is O=C(O)C(=O)Nc1cnc(-c2ccccc2)o1. The van der Waals surface area contributed by atoms with E-state index in [1.807, 2.05) is 18.2 Å². The molecular formula is C11H8N2O4. The zero-order valence-corrected chi connectivity index (χ0v) is 8.58. The molecule has 0 bridgehead atoms. The van der Waals surface area contributed by atoms with Crippen LogP contribution in [0, 0.1) is 0 Å². The van der Waals surface area contributed by atoms with Gasteiger partial charge in [-0.1, -0.05) is 18.2 Å². The van der Waals surface area contributed by atoms with Crippen molar-refractivity contribution in [1.29, 1.82) is 0 Å². The number of aromatic nitrogens is 1. The fraction of sp³-hybridized carbons (Fsp3) is 0. The van der Waals surface area contributed by atoms with Gasteiger partial charge in [-0.3, -0.25) is 10.1 Å². The number of hydrogen-bond donors (Lipinski definition) is 2. The van der Waals surface area contributed by atoms with Crippen LogP contribution in [0.3, 0.4) is 0 Å². The third kappa shape index (κ3) is 2.49. The first-order valence-electron chi connectivity index (χ1n) is 4.72. The zero-order valence-electron chi connectivity index (χ0n) is 8.58. The molecule has 0 radical (unpaired) electrons. The lowest BCUT2D eigenvalue weighted by molar-refractivity contribution is -0.147. The second-order valence-corrected chi connectivity index (χ2v) is 3.15. The van der Waals surface area contributed by atoms with Gasteiger partial charge in [0.1, 0.15) is 0 Å². The highest BCUT2D eigenvalue weighted by Crippen LogP contribution is 2.20. The molecule has 86 valence electrons. The van der Waals surface area contributed by atoms with Crippen molar-refractivity contribution >= 4 is 17.8 Å². The summed E-state index contributed by atoms with van der Waals surface area (Å²) in [5.41, 5.74) is 0.739. The number of carboxylic acid groups (broad SMARTS) is 1. The minimum absolute atomic E-state index is 0.00347. The maximum atomic E-state index is 10.9. The Labute approximate surface area is 95.9 Å². The largest absolute Gasteiger partial charge is 0.474 e. The van der Waals surface area contributed by atoms with Gasteiger partial charge >= 0.3 is 11.9 Å². The summed E-state index contributed by atoms with van der Waals surface area (Å²) < 4.78 is 5.18. The van der Waals surface area contributed by atoms with Crippen molar-refractivity contribution < 1.29 is 19.1 Å². The van der Waals surface area contributed by atoms with Gasteiger partial charge in [0.2, 0.25) is 11.8 Å². The van der Waals surface area contributed by atoms with Gasteiger partial charge in [0.15, 0.2) is 0 Å². The second-order valence-electron chi connectivity index (χ2n) is 3.15. The lowest BCUT2D eigenvalue weighted by Crippen LogP contribution is -2.21. The molecule has 0 fully saturated rings. The number of carboxylic acids is 1. The molecule has 0 spiro atoms. The number of oxazole rings is 1. The third-order valence-electron chi connectivity index (χ3n) is 1.96. The maximum absolute atomic E-state index is 10.9. The highest BCUT2D eigenvalue weighted by atomic mass is 16.4. The molecule has 0 saturated carbocycles. The van der Waals surface area contributed by atoms with Crippen molar-refractivity contribution in [2.45, 2.75) is 0 Å². The van der Waals surface area contributed by atoms with Crippen LogP contribution in [0.2, 0.25) is 0 Å². The Hall–Kier alpha value is -2.63. The van der Waals surface area contributed by atoms with Crippen molar-refractivity contribution in [2.24, 2.45) is 0 Å². The number of amides is 1. The van der Waals surface area contributed by atoms with Crippen LogP contribution in [0.15, 0.2) is 40.9 Å². The van der Waals surface area contributed by atoms with E-state index in [0.29, 0.717) is 5.89 Å². The fourth-order valence-electron chi connectivity index (χ4n) is 1.21. The molecule has 6 heteroatoms. The van der Waals surface area contributed by atoms with Crippen LogP contribution in [0.1, 0.15) is 0 Å².